The molecule has 1 spiro atoms. The summed E-state index contributed by atoms with van der Waals surface area (Å²) in [7, 11) is 0. The van der Waals surface area contributed by atoms with Crippen molar-refractivity contribution in [3.05, 3.63) is 28.8 Å². The van der Waals surface area contributed by atoms with Crippen molar-refractivity contribution in [2.75, 3.05) is 6.54 Å². The van der Waals surface area contributed by atoms with Crippen LogP contribution in [0.4, 0.5) is 0 Å². The second-order valence-corrected chi connectivity index (χ2v) is 7.32. The van der Waals surface area contributed by atoms with Gasteiger partial charge >= 0.3 is 0 Å². The van der Waals surface area contributed by atoms with Crippen LogP contribution in [0.25, 0.3) is 0 Å². The Morgan fingerprint density at radius 3 is 3.00 bits per heavy atom. The molecular weight excluding hydrogens is 282 g/mol. The van der Waals surface area contributed by atoms with Crippen molar-refractivity contribution < 1.29 is 4.74 Å². The molecule has 1 aromatic rings. The number of rotatable bonds is 3. The van der Waals surface area contributed by atoms with Crippen molar-refractivity contribution in [3.8, 4) is 5.75 Å². The van der Waals surface area contributed by atoms with Gasteiger partial charge in [0.1, 0.15) is 11.4 Å². The first-order chi connectivity index (χ1) is 10.1. The smallest absolute Gasteiger partial charge is 0.125 e. The Balaban J connectivity index is 1.90. The van der Waals surface area contributed by atoms with Crippen LogP contribution in [-0.2, 0) is 0 Å². The van der Waals surface area contributed by atoms with Crippen LogP contribution in [-0.4, -0.2) is 12.1 Å². The topological polar surface area (TPSA) is 21.3 Å². The molecule has 2 nitrogen and oxygen atoms in total. The highest BCUT2D eigenvalue weighted by molar-refractivity contribution is 6.30. The normalized spacial score (nSPS) is 31.8. The van der Waals surface area contributed by atoms with Gasteiger partial charge in [0.2, 0.25) is 0 Å². The minimum absolute atomic E-state index is 0.0317. The zero-order valence-electron chi connectivity index (χ0n) is 13.1. The third-order valence-electron chi connectivity index (χ3n) is 4.94. The average molecular weight is 308 g/mol. The second-order valence-electron chi connectivity index (χ2n) is 6.88. The molecule has 3 rings (SSSR count). The van der Waals surface area contributed by atoms with E-state index in [0.29, 0.717) is 6.04 Å². The first-order valence-corrected chi connectivity index (χ1v) is 8.71. The van der Waals surface area contributed by atoms with E-state index in [1.807, 2.05) is 6.07 Å². The van der Waals surface area contributed by atoms with Crippen molar-refractivity contribution in [1.29, 1.82) is 0 Å². The van der Waals surface area contributed by atoms with Crippen molar-refractivity contribution in [1.82, 2.24) is 5.32 Å². The zero-order valence-corrected chi connectivity index (χ0v) is 13.9. The Morgan fingerprint density at radius 1 is 1.38 bits per heavy atom. The van der Waals surface area contributed by atoms with Gasteiger partial charge in [0, 0.05) is 23.0 Å². The third-order valence-corrected chi connectivity index (χ3v) is 5.18. The fraction of sp³-hybridized carbons (Fsp3) is 0.667. The minimum Gasteiger partial charge on any atom is -0.487 e. The standard InChI is InChI=1S/C18H26ClNO/c1-3-9-20-16-12-18(8-4-5-13(2)11-18)21-17-7-6-14(19)10-15(16)17/h6-7,10,13,16,20H,3-5,8-9,11-12H2,1-2H3. The summed E-state index contributed by atoms with van der Waals surface area (Å²) in [5, 5.41) is 4.50. The van der Waals surface area contributed by atoms with Gasteiger partial charge in [0.25, 0.3) is 0 Å². The number of ether oxygens (including phenoxy) is 1. The van der Waals surface area contributed by atoms with Crippen molar-refractivity contribution in [3.63, 3.8) is 0 Å². The van der Waals surface area contributed by atoms with Crippen LogP contribution in [0.1, 0.15) is 64.0 Å². The molecule has 1 aliphatic heterocycles. The van der Waals surface area contributed by atoms with Crippen LogP contribution in [0.5, 0.6) is 5.75 Å². The maximum atomic E-state index is 6.50. The predicted octanol–water partition coefficient (Wildman–Crippen LogP) is 5.11. The summed E-state index contributed by atoms with van der Waals surface area (Å²) in [6, 6.07) is 6.45. The molecule has 1 aromatic carbocycles. The summed E-state index contributed by atoms with van der Waals surface area (Å²) in [6.45, 7) is 5.61. The maximum absolute atomic E-state index is 6.50. The zero-order chi connectivity index (χ0) is 14.9. The fourth-order valence-corrected chi connectivity index (χ4v) is 4.21. The molecule has 1 aliphatic carbocycles. The molecule has 1 N–H and O–H groups in total. The molecule has 0 saturated heterocycles. The second kappa shape index (κ2) is 6.18. The van der Waals surface area contributed by atoms with E-state index in [1.54, 1.807) is 0 Å². The van der Waals surface area contributed by atoms with E-state index in [4.69, 9.17) is 16.3 Å². The van der Waals surface area contributed by atoms with Gasteiger partial charge in [-0.25, -0.2) is 0 Å². The van der Waals surface area contributed by atoms with E-state index in [-0.39, 0.29) is 5.60 Å². The molecule has 21 heavy (non-hydrogen) atoms. The van der Waals surface area contributed by atoms with Gasteiger partial charge in [-0.3, -0.25) is 0 Å². The molecule has 3 unspecified atom stereocenters. The Kier molecular flexibility index (Phi) is 4.46. The van der Waals surface area contributed by atoms with Crippen LogP contribution in [0, 0.1) is 5.92 Å². The average Bonchev–Trinajstić information content (AvgIpc) is 2.45. The van der Waals surface area contributed by atoms with Gasteiger partial charge in [-0.1, -0.05) is 31.9 Å². The molecule has 0 bridgehead atoms. The molecule has 3 heteroatoms. The van der Waals surface area contributed by atoms with Gasteiger partial charge in [0.05, 0.1) is 0 Å². The van der Waals surface area contributed by atoms with Crippen LogP contribution in [0.3, 0.4) is 0 Å². The van der Waals surface area contributed by atoms with E-state index in [0.717, 1.165) is 36.1 Å². The number of fused-ring (bicyclic) bond motifs is 1. The van der Waals surface area contributed by atoms with Gasteiger partial charge < -0.3 is 10.1 Å². The number of hydrogen-bond donors (Lipinski definition) is 1. The quantitative estimate of drug-likeness (QED) is 0.837. The Hall–Kier alpha value is -0.730. The lowest BCUT2D eigenvalue weighted by molar-refractivity contribution is -0.0180. The lowest BCUT2D eigenvalue weighted by atomic mass is 9.73. The van der Waals surface area contributed by atoms with Gasteiger partial charge in [-0.2, -0.15) is 0 Å². The van der Waals surface area contributed by atoms with Crippen molar-refractivity contribution in [2.45, 2.75) is 64.0 Å². The summed E-state index contributed by atoms with van der Waals surface area (Å²) < 4.78 is 6.50. The SMILES string of the molecule is CCCNC1CC2(CCCC(C)C2)Oc2ccc(Cl)cc21. The summed E-state index contributed by atoms with van der Waals surface area (Å²) >= 11 is 6.19. The van der Waals surface area contributed by atoms with Crippen molar-refractivity contribution >= 4 is 11.6 Å². The number of benzene rings is 1. The summed E-state index contributed by atoms with van der Waals surface area (Å²) in [4.78, 5) is 0. The molecule has 1 fully saturated rings. The van der Waals surface area contributed by atoms with Crippen LogP contribution >= 0.6 is 11.6 Å². The first kappa shape index (κ1) is 15.2. The first-order valence-electron chi connectivity index (χ1n) is 8.34. The van der Waals surface area contributed by atoms with Gasteiger partial charge in [-0.05, 0) is 56.3 Å². The molecule has 1 heterocycles. The van der Waals surface area contributed by atoms with Crippen LogP contribution < -0.4 is 10.1 Å². The Bertz CT molecular complexity index is 504. The third kappa shape index (κ3) is 3.22. The van der Waals surface area contributed by atoms with E-state index in [2.05, 4.69) is 31.3 Å². The van der Waals surface area contributed by atoms with E-state index >= 15 is 0 Å². The summed E-state index contributed by atoms with van der Waals surface area (Å²) in [6.07, 6.45) is 7.21. The monoisotopic (exact) mass is 307 g/mol. The molecule has 2 aliphatic rings. The number of hydrogen-bond acceptors (Lipinski definition) is 2. The fourth-order valence-electron chi connectivity index (χ4n) is 4.03. The van der Waals surface area contributed by atoms with Crippen molar-refractivity contribution in [2.24, 2.45) is 5.92 Å². The van der Waals surface area contributed by atoms with E-state index in [1.165, 1.54) is 31.2 Å². The lowest BCUT2D eigenvalue weighted by Crippen LogP contribution is -2.47. The summed E-state index contributed by atoms with van der Waals surface area (Å²) in [5.74, 6) is 1.80. The van der Waals surface area contributed by atoms with E-state index in [9.17, 15) is 0 Å². The van der Waals surface area contributed by atoms with E-state index < -0.39 is 0 Å². The number of halogens is 1. The molecule has 0 aromatic heterocycles. The van der Waals surface area contributed by atoms with Gasteiger partial charge in [-0.15, -0.1) is 0 Å². The highest BCUT2D eigenvalue weighted by atomic mass is 35.5. The van der Waals surface area contributed by atoms with Crippen LogP contribution in [0.15, 0.2) is 18.2 Å². The lowest BCUT2D eigenvalue weighted by Gasteiger charge is -2.46. The Labute approximate surface area is 133 Å². The molecule has 116 valence electrons. The van der Waals surface area contributed by atoms with Gasteiger partial charge in [0.15, 0.2) is 0 Å². The number of nitrogens with one attached hydrogen (secondary N) is 1. The molecule has 0 radical (unpaired) electrons. The largest absolute Gasteiger partial charge is 0.487 e. The molecule has 0 amide bonds. The highest BCUT2D eigenvalue weighted by Gasteiger charge is 2.43. The van der Waals surface area contributed by atoms with Crippen LogP contribution in [0.2, 0.25) is 5.02 Å². The molecular formula is C18H26ClNO. The minimum atomic E-state index is 0.0317. The predicted molar refractivity (Wildman–Crippen MR) is 88.1 cm³/mol. The highest BCUT2D eigenvalue weighted by Crippen LogP contribution is 2.47. The maximum Gasteiger partial charge on any atom is 0.125 e. The Morgan fingerprint density at radius 2 is 2.24 bits per heavy atom. The molecule has 3 atom stereocenters. The summed E-state index contributed by atoms with van der Waals surface area (Å²) in [5.41, 5.74) is 1.27. The molecule has 1 saturated carbocycles.